The summed E-state index contributed by atoms with van der Waals surface area (Å²) in [5, 5.41) is 1.26. The smallest absolute Gasteiger partial charge is 0.140 e. The summed E-state index contributed by atoms with van der Waals surface area (Å²) in [7, 11) is 2.05. The largest absolute Gasteiger partial charge is 0.335 e. The number of hydrogen-bond acceptors (Lipinski definition) is 1. The first-order valence-electron chi connectivity index (χ1n) is 5.02. The lowest BCUT2D eigenvalue weighted by atomic mass is 10.1. The maximum Gasteiger partial charge on any atom is 0.140 e. The number of aryl methyl sites for hydroxylation is 2. The Bertz CT molecular complexity index is 466. The van der Waals surface area contributed by atoms with Crippen LogP contribution in [0.25, 0.3) is 11.0 Å². The Hall–Kier alpha value is -1.31. The summed E-state index contributed by atoms with van der Waals surface area (Å²) in [6, 6.07) is 4.30. The maximum atomic E-state index is 4.66. The molecule has 2 aromatic rings. The molecule has 2 heterocycles. The summed E-state index contributed by atoms with van der Waals surface area (Å²) < 4.78 is 2.09. The van der Waals surface area contributed by atoms with Crippen LogP contribution in [0.4, 0.5) is 0 Å². The van der Waals surface area contributed by atoms with Gasteiger partial charge in [-0.15, -0.1) is 0 Å². The zero-order valence-corrected chi connectivity index (χ0v) is 9.20. The van der Waals surface area contributed by atoms with E-state index >= 15 is 0 Å². The fourth-order valence-electron chi connectivity index (χ4n) is 1.78. The Morgan fingerprint density at radius 1 is 1.29 bits per heavy atom. The third-order valence-corrected chi connectivity index (χ3v) is 2.63. The molecule has 14 heavy (non-hydrogen) atoms. The van der Waals surface area contributed by atoms with Gasteiger partial charge in [0.2, 0.25) is 0 Å². The van der Waals surface area contributed by atoms with Gasteiger partial charge in [-0.1, -0.05) is 13.8 Å². The standard InChI is InChI=1S/C12H16N2/c1-8(2)11-6-5-10-9(3)7-14(4)12(10)13-11/h5-8H,1-4H3. The molecule has 0 aliphatic carbocycles. The summed E-state index contributed by atoms with van der Waals surface area (Å²) in [6.45, 7) is 6.47. The Kier molecular flexibility index (Phi) is 2.06. The van der Waals surface area contributed by atoms with Crippen LogP contribution in [-0.4, -0.2) is 9.55 Å². The molecular formula is C12H16N2. The van der Waals surface area contributed by atoms with Crippen molar-refractivity contribution >= 4 is 11.0 Å². The molecule has 0 atom stereocenters. The monoisotopic (exact) mass is 188 g/mol. The molecule has 0 saturated heterocycles. The lowest BCUT2D eigenvalue weighted by Gasteiger charge is -2.04. The van der Waals surface area contributed by atoms with Crippen molar-refractivity contribution in [2.24, 2.45) is 7.05 Å². The predicted molar refractivity (Wildman–Crippen MR) is 59.5 cm³/mol. The number of nitrogens with zero attached hydrogens (tertiary/aromatic N) is 2. The lowest BCUT2D eigenvalue weighted by Crippen LogP contribution is -1.95. The van der Waals surface area contributed by atoms with Crippen molar-refractivity contribution in [3.8, 4) is 0 Å². The molecule has 2 heteroatoms. The molecular weight excluding hydrogens is 172 g/mol. The number of hydrogen-bond donors (Lipinski definition) is 0. The molecule has 2 nitrogen and oxygen atoms in total. The third-order valence-electron chi connectivity index (χ3n) is 2.63. The summed E-state index contributed by atoms with van der Waals surface area (Å²) in [5.41, 5.74) is 3.55. The van der Waals surface area contributed by atoms with Gasteiger partial charge in [0, 0.05) is 24.3 Å². The van der Waals surface area contributed by atoms with E-state index in [0.29, 0.717) is 5.92 Å². The van der Waals surface area contributed by atoms with Crippen molar-refractivity contribution in [3.05, 3.63) is 29.6 Å². The molecule has 0 N–H and O–H groups in total. The SMILES string of the molecule is Cc1cn(C)c2nc(C(C)C)ccc12. The Balaban J connectivity index is 2.71. The first-order valence-corrected chi connectivity index (χ1v) is 5.02. The molecule has 0 radical (unpaired) electrons. The van der Waals surface area contributed by atoms with Crippen molar-refractivity contribution in [2.45, 2.75) is 26.7 Å². The van der Waals surface area contributed by atoms with Crippen LogP contribution in [0.15, 0.2) is 18.3 Å². The van der Waals surface area contributed by atoms with Gasteiger partial charge in [0.1, 0.15) is 5.65 Å². The van der Waals surface area contributed by atoms with Crippen molar-refractivity contribution in [1.29, 1.82) is 0 Å². The number of rotatable bonds is 1. The minimum Gasteiger partial charge on any atom is -0.335 e. The Morgan fingerprint density at radius 3 is 2.64 bits per heavy atom. The second kappa shape index (κ2) is 3.12. The number of fused-ring (bicyclic) bond motifs is 1. The quantitative estimate of drug-likeness (QED) is 0.672. The first kappa shape index (κ1) is 9.25. The zero-order chi connectivity index (χ0) is 10.3. The average molecular weight is 188 g/mol. The van der Waals surface area contributed by atoms with Gasteiger partial charge >= 0.3 is 0 Å². The van der Waals surface area contributed by atoms with Crippen LogP contribution in [0, 0.1) is 6.92 Å². The zero-order valence-electron chi connectivity index (χ0n) is 9.20. The topological polar surface area (TPSA) is 17.8 Å². The van der Waals surface area contributed by atoms with Crippen LogP contribution in [0.3, 0.4) is 0 Å². The van der Waals surface area contributed by atoms with E-state index < -0.39 is 0 Å². The fraction of sp³-hybridized carbons (Fsp3) is 0.417. The summed E-state index contributed by atoms with van der Waals surface area (Å²) in [5.74, 6) is 0.495. The van der Waals surface area contributed by atoms with E-state index in [4.69, 9.17) is 0 Å². The van der Waals surface area contributed by atoms with Crippen molar-refractivity contribution < 1.29 is 0 Å². The van der Waals surface area contributed by atoms with E-state index in [0.717, 1.165) is 5.65 Å². The van der Waals surface area contributed by atoms with Gasteiger partial charge in [0.25, 0.3) is 0 Å². The van der Waals surface area contributed by atoms with E-state index in [2.05, 4.69) is 48.7 Å². The van der Waals surface area contributed by atoms with Gasteiger partial charge in [0.15, 0.2) is 0 Å². The highest BCUT2D eigenvalue weighted by molar-refractivity contribution is 5.80. The van der Waals surface area contributed by atoms with E-state index in [1.54, 1.807) is 0 Å². The van der Waals surface area contributed by atoms with Crippen LogP contribution < -0.4 is 0 Å². The molecule has 0 aliphatic heterocycles. The van der Waals surface area contributed by atoms with Crippen LogP contribution >= 0.6 is 0 Å². The van der Waals surface area contributed by atoms with Gasteiger partial charge in [-0.3, -0.25) is 0 Å². The molecule has 2 rings (SSSR count). The molecule has 2 aromatic heterocycles. The first-order chi connectivity index (χ1) is 6.59. The molecule has 74 valence electrons. The fourth-order valence-corrected chi connectivity index (χ4v) is 1.78. The summed E-state index contributed by atoms with van der Waals surface area (Å²) >= 11 is 0. The highest BCUT2D eigenvalue weighted by atomic mass is 15.0. The van der Waals surface area contributed by atoms with Crippen molar-refractivity contribution in [1.82, 2.24) is 9.55 Å². The molecule has 0 fully saturated rings. The summed E-state index contributed by atoms with van der Waals surface area (Å²) in [4.78, 5) is 4.66. The predicted octanol–water partition coefficient (Wildman–Crippen LogP) is 3.01. The highest BCUT2D eigenvalue weighted by Gasteiger charge is 2.07. The van der Waals surface area contributed by atoms with Crippen molar-refractivity contribution in [2.75, 3.05) is 0 Å². The van der Waals surface area contributed by atoms with Gasteiger partial charge < -0.3 is 4.57 Å². The van der Waals surface area contributed by atoms with E-state index in [1.165, 1.54) is 16.6 Å². The second-order valence-corrected chi connectivity index (χ2v) is 4.19. The van der Waals surface area contributed by atoms with Gasteiger partial charge in [-0.25, -0.2) is 4.98 Å². The van der Waals surface area contributed by atoms with E-state index in [-0.39, 0.29) is 0 Å². The van der Waals surface area contributed by atoms with Crippen molar-refractivity contribution in [3.63, 3.8) is 0 Å². The summed E-state index contributed by atoms with van der Waals surface area (Å²) in [6.07, 6.45) is 2.13. The Morgan fingerprint density at radius 2 is 2.00 bits per heavy atom. The van der Waals surface area contributed by atoms with E-state index in [9.17, 15) is 0 Å². The highest BCUT2D eigenvalue weighted by Crippen LogP contribution is 2.21. The molecule has 0 aliphatic rings. The molecule has 0 saturated carbocycles. The number of pyridine rings is 1. The second-order valence-electron chi connectivity index (χ2n) is 4.19. The van der Waals surface area contributed by atoms with E-state index in [1.807, 2.05) is 7.05 Å². The third kappa shape index (κ3) is 1.31. The Labute approximate surface area is 84.6 Å². The molecule has 0 unspecified atom stereocenters. The van der Waals surface area contributed by atoms with Gasteiger partial charge in [-0.05, 0) is 30.5 Å². The van der Waals surface area contributed by atoms with Crippen LogP contribution in [0.2, 0.25) is 0 Å². The van der Waals surface area contributed by atoms with Crippen LogP contribution in [-0.2, 0) is 7.05 Å². The van der Waals surface area contributed by atoms with Crippen LogP contribution in [0.5, 0.6) is 0 Å². The average Bonchev–Trinajstić information content (AvgIpc) is 2.42. The molecule has 0 spiro atoms. The minimum atomic E-state index is 0.495. The molecule has 0 aromatic carbocycles. The molecule has 0 bridgehead atoms. The number of aromatic nitrogens is 2. The lowest BCUT2D eigenvalue weighted by molar-refractivity contribution is 0.820. The maximum absolute atomic E-state index is 4.66. The minimum absolute atomic E-state index is 0.495. The van der Waals surface area contributed by atoms with Gasteiger partial charge in [-0.2, -0.15) is 0 Å². The molecule has 0 amide bonds. The normalized spacial score (nSPS) is 11.5. The van der Waals surface area contributed by atoms with Gasteiger partial charge in [0.05, 0.1) is 0 Å². The van der Waals surface area contributed by atoms with Crippen LogP contribution in [0.1, 0.15) is 31.0 Å².